The molecule has 0 amide bonds. The van der Waals surface area contributed by atoms with Crippen LogP contribution in [-0.2, 0) is 4.79 Å². The molecule has 1 aliphatic rings. The number of carbonyl (C=O) groups excluding carboxylic acids is 1. The maximum Gasteiger partial charge on any atom is 0.186 e. The molecule has 0 spiro atoms. The Morgan fingerprint density at radius 1 is 0.667 bits per heavy atom. The average molecular weight is 308 g/mol. The molecule has 1 heteroatoms. The Balaban J connectivity index is 1.69. The lowest BCUT2D eigenvalue weighted by atomic mass is 10.1. The van der Waals surface area contributed by atoms with E-state index >= 15 is 0 Å². The summed E-state index contributed by atoms with van der Waals surface area (Å²) in [6.07, 6.45) is 4.95. The van der Waals surface area contributed by atoms with E-state index in [9.17, 15) is 4.79 Å². The molecule has 0 N–H and O–H groups in total. The van der Waals surface area contributed by atoms with E-state index in [0.29, 0.717) is 0 Å². The van der Waals surface area contributed by atoms with Crippen molar-refractivity contribution in [1.82, 2.24) is 0 Å². The van der Waals surface area contributed by atoms with Gasteiger partial charge in [-0.05, 0) is 49.3 Å². The second-order valence-corrected chi connectivity index (χ2v) is 5.44. The fourth-order valence-corrected chi connectivity index (χ4v) is 2.43. The monoisotopic (exact) mass is 308 g/mol. The third-order valence-electron chi connectivity index (χ3n) is 3.72. The zero-order valence-electron chi connectivity index (χ0n) is 13.3. The standard InChI is InChI=1S/C23H16O/c24-23-21(15-7-13-19-9-3-1-4-10-19)17-18-22(23)16-8-14-20-11-5-2-6-12-20/h1-6,9-12,15-16H,17-18H2/b21-15+,22-16+. The molecule has 2 aromatic rings. The highest BCUT2D eigenvalue weighted by atomic mass is 16.1. The van der Waals surface area contributed by atoms with Gasteiger partial charge in [0.2, 0.25) is 0 Å². The first kappa shape index (κ1) is 15.6. The van der Waals surface area contributed by atoms with Crippen LogP contribution in [0.1, 0.15) is 24.0 Å². The van der Waals surface area contributed by atoms with Crippen LogP contribution in [0.15, 0.2) is 84.0 Å². The minimum Gasteiger partial charge on any atom is -0.289 e. The molecule has 1 nitrogen and oxygen atoms in total. The number of carbonyl (C=O) groups is 1. The summed E-state index contributed by atoms with van der Waals surface area (Å²) in [5, 5.41) is 0. The van der Waals surface area contributed by atoms with Crippen LogP contribution in [0.25, 0.3) is 0 Å². The van der Waals surface area contributed by atoms with Crippen molar-refractivity contribution in [2.45, 2.75) is 12.8 Å². The predicted octanol–water partition coefficient (Wildman–Crippen LogP) is 4.31. The molecule has 0 unspecified atom stereocenters. The largest absolute Gasteiger partial charge is 0.289 e. The predicted molar refractivity (Wildman–Crippen MR) is 97.0 cm³/mol. The lowest BCUT2D eigenvalue weighted by Crippen LogP contribution is -1.94. The molecule has 0 saturated heterocycles. The molecule has 0 bridgehead atoms. The second-order valence-electron chi connectivity index (χ2n) is 5.44. The van der Waals surface area contributed by atoms with Gasteiger partial charge >= 0.3 is 0 Å². The summed E-state index contributed by atoms with van der Waals surface area (Å²) in [7, 11) is 0. The molecule has 114 valence electrons. The molecule has 0 atom stereocenters. The van der Waals surface area contributed by atoms with Gasteiger partial charge in [-0.2, -0.15) is 0 Å². The molecule has 1 saturated carbocycles. The van der Waals surface area contributed by atoms with Gasteiger partial charge in [0.15, 0.2) is 5.78 Å². The van der Waals surface area contributed by atoms with Crippen LogP contribution in [0.4, 0.5) is 0 Å². The Morgan fingerprint density at radius 2 is 1.08 bits per heavy atom. The normalized spacial score (nSPS) is 16.4. The SMILES string of the molecule is O=C1/C(=C/C#Cc2ccccc2)CC/C1=C\C#Cc1ccccc1. The van der Waals surface area contributed by atoms with Gasteiger partial charge < -0.3 is 0 Å². The molecule has 1 fully saturated rings. The molecule has 1 aliphatic carbocycles. The van der Waals surface area contributed by atoms with Crippen LogP contribution in [0.3, 0.4) is 0 Å². The lowest BCUT2D eigenvalue weighted by Gasteiger charge is -1.90. The quantitative estimate of drug-likeness (QED) is 0.524. The Labute approximate surface area is 142 Å². The molecular formula is C23H16O. The highest BCUT2D eigenvalue weighted by molar-refractivity contribution is 6.11. The van der Waals surface area contributed by atoms with Gasteiger partial charge in [-0.25, -0.2) is 0 Å². The Kier molecular flexibility index (Phi) is 5.08. The van der Waals surface area contributed by atoms with E-state index in [4.69, 9.17) is 0 Å². The van der Waals surface area contributed by atoms with E-state index in [1.165, 1.54) is 0 Å². The summed E-state index contributed by atoms with van der Waals surface area (Å²) in [6.45, 7) is 0. The van der Waals surface area contributed by atoms with Gasteiger partial charge in [0, 0.05) is 22.3 Å². The average Bonchev–Trinajstić information content (AvgIpc) is 2.97. The van der Waals surface area contributed by atoms with Crippen LogP contribution in [0.5, 0.6) is 0 Å². The van der Waals surface area contributed by atoms with E-state index in [2.05, 4.69) is 23.7 Å². The minimum absolute atomic E-state index is 0.0692. The van der Waals surface area contributed by atoms with Crippen molar-refractivity contribution < 1.29 is 4.79 Å². The van der Waals surface area contributed by atoms with Crippen LogP contribution in [0.2, 0.25) is 0 Å². The van der Waals surface area contributed by atoms with Crippen LogP contribution in [0, 0.1) is 23.7 Å². The summed E-state index contributed by atoms with van der Waals surface area (Å²) < 4.78 is 0. The lowest BCUT2D eigenvalue weighted by molar-refractivity contribution is -0.111. The zero-order valence-corrected chi connectivity index (χ0v) is 13.3. The minimum atomic E-state index is 0.0692. The fraction of sp³-hybridized carbons (Fsp3) is 0.0870. The number of Topliss-reactive ketones (excluding diaryl/α,β-unsaturated/α-hetero) is 1. The van der Waals surface area contributed by atoms with Crippen molar-refractivity contribution >= 4 is 5.78 Å². The number of hydrogen-bond acceptors (Lipinski definition) is 1. The van der Waals surface area contributed by atoms with Gasteiger partial charge in [0.05, 0.1) is 0 Å². The zero-order chi connectivity index (χ0) is 16.6. The highest BCUT2D eigenvalue weighted by Gasteiger charge is 2.21. The smallest absolute Gasteiger partial charge is 0.186 e. The Bertz CT molecular complexity index is 830. The summed E-state index contributed by atoms with van der Waals surface area (Å²) in [5.41, 5.74) is 3.44. The van der Waals surface area contributed by atoms with Crippen LogP contribution in [-0.4, -0.2) is 5.78 Å². The number of allylic oxidation sites excluding steroid dienone is 4. The first-order chi connectivity index (χ1) is 11.8. The van der Waals surface area contributed by atoms with Gasteiger partial charge in [-0.3, -0.25) is 4.79 Å². The Hall–Kier alpha value is -3.29. The van der Waals surface area contributed by atoms with Crippen molar-refractivity contribution in [3.8, 4) is 23.7 Å². The van der Waals surface area contributed by atoms with Crippen LogP contribution >= 0.6 is 0 Å². The van der Waals surface area contributed by atoms with Crippen molar-refractivity contribution in [2.75, 3.05) is 0 Å². The molecule has 0 heterocycles. The first-order valence-corrected chi connectivity index (χ1v) is 7.89. The van der Waals surface area contributed by atoms with Crippen molar-refractivity contribution in [3.63, 3.8) is 0 Å². The van der Waals surface area contributed by atoms with Crippen molar-refractivity contribution in [1.29, 1.82) is 0 Å². The molecular weight excluding hydrogens is 292 g/mol. The van der Waals surface area contributed by atoms with Crippen molar-refractivity contribution in [3.05, 3.63) is 95.1 Å². The maximum absolute atomic E-state index is 12.3. The summed E-state index contributed by atoms with van der Waals surface area (Å²) in [4.78, 5) is 12.3. The molecule has 0 aliphatic heterocycles. The van der Waals surface area contributed by atoms with E-state index in [1.54, 1.807) is 12.2 Å². The summed E-state index contributed by atoms with van der Waals surface area (Å²) >= 11 is 0. The second kappa shape index (κ2) is 7.82. The van der Waals surface area contributed by atoms with E-state index in [1.807, 2.05) is 60.7 Å². The highest BCUT2D eigenvalue weighted by Crippen LogP contribution is 2.25. The molecule has 2 aromatic carbocycles. The maximum atomic E-state index is 12.3. The number of hydrogen-bond donors (Lipinski definition) is 0. The molecule has 0 aromatic heterocycles. The Morgan fingerprint density at radius 3 is 1.50 bits per heavy atom. The summed E-state index contributed by atoms with van der Waals surface area (Å²) in [5.74, 6) is 12.1. The van der Waals surface area contributed by atoms with Gasteiger partial charge in [-0.15, -0.1) is 0 Å². The molecule has 3 rings (SSSR count). The van der Waals surface area contributed by atoms with Gasteiger partial charge in [-0.1, -0.05) is 60.1 Å². The fourth-order valence-electron chi connectivity index (χ4n) is 2.43. The third kappa shape index (κ3) is 4.13. The number of rotatable bonds is 0. The van der Waals surface area contributed by atoms with Crippen LogP contribution < -0.4 is 0 Å². The van der Waals surface area contributed by atoms with E-state index in [-0.39, 0.29) is 5.78 Å². The molecule has 24 heavy (non-hydrogen) atoms. The van der Waals surface area contributed by atoms with Crippen molar-refractivity contribution in [2.24, 2.45) is 0 Å². The number of ketones is 1. The summed E-state index contributed by atoms with van der Waals surface area (Å²) in [6, 6.07) is 19.5. The third-order valence-corrected chi connectivity index (χ3v) is 3.72. The topological polar surface area (TPSA) is 17.1 Å². The first-order valence-electron chi connectivity index (χ1n) is 7.89. The van der Waals surface area contributed by atoms with Gasteiger partial charge in [0.25, 0.3) is 0 Å². The van der Waals surface area contributed by atoms with E-state index in [0.717, 1.165) is 35.1 Å². The van der Waals surface area contributed by atoms with E-state index < -0.39 is 0 Å². The van der Waals surface area contributed by atoms with Gasteiger partial charge in [0.1, 0.15) is 0 Å². The number of benzene rings is 2. The molecule has 0 radical (unpaired) electrons.